The molecule has 1 atom stereocenters. The highest BCUT2D eigenvalue weighted by Crippen LogP contribution is 2.26. The van der Waals surface area contributed by atoms with Crippen molar-refractivity contribution in [2.75, 3.05) is 20.3 Å². The Morgan fingerprint density at radius 2 is 2.23 bits per heavy atom. The number of aromatic nitrogens is 1. The molecule has 2 aromatic heterocycles. The molecule has 0 spiro atoms. The van der Waals surface area contributed by atoms with E-state index in [4.69, 9.17) is 9.15 Å². The third-order valence-electron chi connectivity index (χ3n) is 4.52. The van der Waals surface area contributed by atoms with Crippen LogP contribution in [-0.4, -0.2) is 36.1 Å². The average Bonchev–Trinajstić information content (AvgIpc) is 3.25. The van der Waals surface area contributed by atoms with E-state index in [-0.39, 0.29) is 17.4 Å². The Labute approximate surface area is 156 Å². The number of aryl methyl sites for hydroxylation is 1. The monoisotopic (exact) mass is 376 g/mol. The summed E-state index contributed by atoms with van der Waals surface area (Å²) in [6.45, 7) is 7.53. The van der Waals surface area contributed by atoms with Gasteiger partial charge in [0, 0.05) is 30.9 Å². The fourth-order valence-electron chi connectivity index (χ4n) is 3.02. The fraction of sp³-hybridized carbons (Fsp3) is 0.526. The molecule has 2 aromatic rings. The van der Waals surface area contributed by atoms with Crippen molar-refractivity contribution in [3.05, 3.63) is 49.5 Å². The van der Waals surface area contributed by atoms with Gasteiger partial charge >= 0.3 is 5.63 Å². The Bertz CT molecular complexity index is 849. The van der Waals surface area contributed by atoms with Crippen molar-refractivity contribution in [2.24, 2.45) is 0 Å². The van der Waals surface area contributed by atoms with Crippen molar-refractivity contribution in [1.82, 2.24) is 9.88 Å². The van der Waals surface area contributed by atoms with E-state index in [1.165, 1.54) is 4.90 Å². The first-order valence-electron chi connectivity index (χ1n) is 8.79. The third kappa shape index (κ3) is 3.88. The predicted octanol–water partition coefficient (Wildman–Crippen LogP) is 3.30. The highest BCUT2D eigenvalue weighted by Gasteiger charge is 2.25. The zero-order chi connectivity index (χ0) is 18.8. The van der Waals surface area contributed by atoms with Gasteiger partial charge in [0.2, 0.25) is 0 Å². The minimum Gasteiger partial charge on any atom is -0.427 e. The van der Waals surface area contributed by atoms with E-state index >= 15 is 0 Å². The van der Waals surface area contributed by atoms with Crippen LogP contribution in [0.3, 0.4) is 0 Å². The lowest BCUT2D eigenvalue weighted by Crippen LogP contribution is -2.31. The van der Waals surface area contributed by atoms with Crippen molar-refractivity contribution in [1.29, 1.82) is 0 Å². The van der Waals surface area contributed by atoms with Crippen LogP contribution in [0.15, 0.2) is 20.7 Å². The van der Waals surface area contributed by atoms with Crippen LogP contribution in [0.4, 0.5) is 0 Å². The summed E-state index contributed by atoms with van der Waals surface area (Å²) in [5, 5.41) is 3.00. The molecule has 0 N–H and O–H groups in total. The van der Waals surface area contributed by atoms with Gasteiger partial charge in [-0.1, -0.05) is 13.8 Å². The van der Waals surface area contributed by atoms with Crippen LogP contribution in [0.1, 0.15) is 64.5 Å². The third-order valence-corrected chi connectivity index (χ3v) is 5.72. The maximum absolute atomic E-state index is 12.8. The second-order valence-corrected chi connectivity index (χ2v) is 7.94. The Balaban J connectivity index is 1.78. The van der Waals surface area contributed by atoms with Crippen molar-refractivity contribution in [3.8, 4) is 0 Å². The molecule has 0 radical (unpaired) electrons. The van der Waals surface area contributed by atoms with E-state index in [2.05, 4.69) is 18.8 Å². The van der Waals surface area contributed by atoms with Crippen LogP contribution in [0.5, 0.6) is 0 Å². The Hall–Kier alpha value is -1.99. The Morgan fingerprint density at radius 3 is 2.81 bits per heavy atom. The summed E-state index contributed by atoms with van der Waals surface area (Å²) in [4.78, 5) is 31.3. The molecule has 1 aliphatic rings. The van der Waals surface area contributed by atoms with Crippen molar-refractivity contribution in [3.63, 3.8) is 0 Å². The predicted molar refractivity (Wildman–Crippen MR) is 99.9 cm³/mol. The van der Waals surface area contributed by atoms with Gasteiger partial charge in [0.15, 0.2) is 0 Å². The molecule has 0 bridgehead atoms. The molecule has 1 aliphatic heterocycles. The number of hydrogen-bond acceptors (Lipinski definition) is 6. The van der Waals surface area contributed by atoms with Gasteiger partial charge in [-0.25, -0.2) is 9.78 Å². The topological polar surface area (TPSA) is 72.6 Å². The molecule has 1 saturated heterocycles. The lowest BCUT2D eigenvalue weighted by Gasteiger charge is -2.17. The summed E-state index contributed by atoms with van der Waals surface area (Å²) in [6.07, 6.45) is 0.831. The number of ether oxygens (including phenoxy) is 1. The molecular weight excluding hydrogens is 352 g/mol. The summed E-state index contributed by atoms with van der Waals surface area (Å²) in [7, 11) is 1.67. The van der Waals surface area contributed by atoms with Gasteiger partial charge in [0.05, 0.1) is 23.9 Å². The molecule has 0 saturated carbocycles. The SMILES string of the molecule is Cc1cc(C2CCOC2)oc(=O)c1C(=O)N(C)Cc1csc(C(C)C)n1. The number of carbonyl (C=O) groups excluding carboxylic acids is 1. The standard InChI is InChI=1S/C19H24N2O4S/c1-11(2)17-20-14(10-26-17)8-21(4)18(22)16-12(3)7-15(25-19(16)23)13-5-6-24-9-13/h7,10-11,13H,5-6,8-9H2,1-4H3. The molecular formula is C19H24N2O4S. The minimum absolute atomic E-state index is 0.0905. The number of rotatable bonds is 5. The molecule has 3 heterocycles. The maximum atomic E-state index is 12.8. The molecule has 3 rings (SSSR count). The zero-order valence-electron chi connectivity index (χ0n) is 15.6. The second-order valence-electron chi connectivity index (χ2n) is 7.05. The lowest BCUT2D eigenvalue weighted by molar-refractivity contribution is 0.0777. The summed E-state index contributed by atoms with van der Waals surface area (Å²) < 4.78 is 10.8. The van der Waals surface area contributed by atoms with Gasteiger partial charge in [-0.05, 0) is 25.0 Å². The number of amides is 1. The Kier molecular flexibility index (Phi) is 5.58. The summed E-state index contributed by atoms with van der Waals surface area (Å²) in [5.74, 6) is 0.707. The summed E-state index contributed by atoms with van der Waals surface area (Å²) in [6, 6.07) is 1.79. The average molecular weight is 376 g/mol. The first kappa shape index (κ1) is 18.8. The van der Waals surface area contributed by atoms with Crippen LogP contribution in [0.25, 0.3) is 0 Å². The van der Waals surface area contributed by atoms with E-state index in [1.807, 2.05) is 5.38 Å². The van der Waals surface area contributed by atoms with Gasteiger partial charge in [0.25, 0.3) is 5.91 Å². The Morgan fingerprint density at radius 1 is 1.46 bits per heavy atom. The highest BCUT2D eigenvalue weighted by molar-refractivity contribution is 7.09. The minimum atomic E-state index is -0.579. The van der Waals surface area contributed by atoms with Crippen molar-refractivity contribution >= 4 is 17.2 Å². The molecule has 0 aromatic carbocycles. The van der Waals surface area contributed by atoms with E-state index in [0.717, 1.165) is 17.1 Å². The molecule has 6 nitrogen and oxygen atoms in total. The lowest BCUT2D eigenvalue weighted by atomic mass is 10.0. The van der Waals surface area contributed by atoms with Crippen LogP contribution in [-0.2, 0) is 11.3 Å². The number of hydrogen-bond donors (Lipinski definition) is 0. The van der Waals surface area contributed by atoms with Crippen molar-refractivity contribution < 1.29 is 13.9 Å². The normalized spacial score (nSPS) is 17.0. The van der Waals surface area contributed by atoms with Gasteiger partial charge in [-0.2, -0.15) is 0 Å². The smallest absolute Gasteiger partial charge is 0.349 e. The van der Waals surface area contributed by atoms with E-state index in [1.54, 1.807) is 31.4 Å². The quantitative estimate of drug-likeness (QED) is 0.800. The van der Waals surface area contributed by atoms with E-state index in [9.17, 15) is 9.59 Å². The van der Waals surface area contributed by atoms with Gasteiger partial charge < -0.3 is 14.1 Å². The molecule has 7 heteroatoms. The van der Waals surface area contributed by atoms with Gasteiger partial charge in [-0.15, -0.1) is 11.3 Å². The summed E-state index contributed by atoms with van der Waals surface area (Å²) in [5.41, 5.74) is 0.983. The highest BCUT2D eigenvalue weighted by atomic mass is 32.1. The van der Waals surface area contributed by atoms with Gasteiger partial charge in [-0.3, -0.25) is 4.79 Å². The van der Waals surface area contributed by atoms with Crippen LogP contribution in [0.2, 0.25) is 0 Å². The number of carbonyl (C=O) groups is 1. The summed E-state index contributed by atoms with van der Waals surface area (Å²) >= 11 is 1.59. The van der Waals surface area contributed by atoms with E-state index in [0.29, 0.717) is 37.0 Å². The second kappa shape index (κ2) is 7.72. The number of nitrogens with zero attached hydrogens (tertiary/aromatic N) is 2. The fourth-order valence-corrected chi connectivity index (χ4v) is 3.84. The maximum Gasteiger partial charge on any atom is 0.349 e. The molecule has 140 valence electrons. The number of thiazole rings is 1. The largest absolute Gasteiger partial charge is 0.427 e. The molecule has 1 fully saturated rings. The first-order valence-corrected chi connectivity index (χ1v) is 9.67. The molecule has 1 unspecified atom stereocenters. The van der Waals surface area contributed by atoms with E-state index < -0.39 is 5.63 Å². The van der Waals surface area contributed by atoms with Crippen LogP contribution < -0.4 is 5.63 Å². The van der Waals surface area contributed by atoms with Gasteiger partial charge in [0.1, 0.15) is 11.3 Å². The van der Waals surface area contributed by atoms with Crippen LogP contribution >= 0.6 is 11.3 Å². The molecule has 26 heavy (non-hydrogen) atoms. The molecule has 1 amide bonds. The van der Waals surface area contributed by atoms with Crippen LogP contribution in [0, 0.1) is 6.92 Å². The van der Waals surface area contributed by atoms with Crippen molar-refractivity contribution in [2.45, 2.75) is 45.6 Å². The first-order chi connectivity index (χ1) is 12.4. The zero-order valence-corrected chi connectivity index (χ0v) is 16.4. The molecule has 0 aliphatic carbocycles.